The van der Waals surface area contributed by atoms with Gasteiger partial charge in [0, 0.05) is 12.1 Å². The number of hydrogen-bond donors (Lipinski definition) is 0. The third kappa shape index (κ3) is 4.25. The minimum atomic E-state index is -0.576. The van der Waals surface area contributed by atoms with Crippen LogP contribution >= 0.6 is 0 Å². The first-order chi connectivity index (χ1) is 12.1. The summed E-state index contributed by atoms with van der Waals surface area (Å²) in [5.41, 5.74) is 1.76. The van der Waals surface area contributed by atoms with Crippen LogP contribution in [0.1, 0.15) is 21.6 Å². The fourth-order valence-corrected chi connectivity index (χ4v) is 2.19. The van der Waals surface area contributed by atoms with Crippen molar-refractivity contribution >= 4 is 11.7 Å². The van der Waals surface area contributed by atoms with Crippen LogP contribution < -0.4 is 0 Å². The third-order valence-electron chi connectivity index (χ3n) is 3.44. The molecular weight excluding hydrogens is 324 g/mol. The van der Waals surface area contributed by atoms with Crippen molar-refractivity contribution in [1.82, 2.24) is 15.0 Å². The number of hydrogen-bond acceptors (Lipinski definition) is 6. The molecule has 126 valence electrons. The van der Waals surface area contributed by atoms with E-state index < -0.39 is 10.9 Å². The smallest absolute Gasteiger partial charge is 0.338 e. The molecule has 0 aliphatic heterocycles. The highest BCUT2D eigenvalue weighted by Crippen LogP contribution is 2.13. The Hall–Kier alpha value is -3.55. The number of carbonyl (C=O) groups excluding carboxylic acids is 1. The van der Waals surface area contributed by atoms with Crippen LogP contribution in [0.4, 0.5) is 5.69 Å². The topological polar surface area (TPSA) is 100 Å². The Balaban J connectivity index is 1.56. The first-order valence-electron chi connectivity index (χ1n) is 7.46. The van der Waals surface area contributed by atoms with E-state index in [2.05, 4.69) is 10.3 Å². The SMILES string of the molecule is O=C(OCc1cn(Cc2ccccc2)nn1)c1ccc([N+](=O)[O-])cc1. The lowest BCUT2D eigenvalue weighted by atomic mass is 10.2. The van der Waals surface area contributed by atoms with Crippen LogP contribution in [0.3, 0.4) is 0 Å². The number of nitro benzene ring substituents is 1. The molecule has 3 rings (SSSR count). The fraction of sp³-hybridized carbons (Fsp3) is 0.118. The van der Waals surface area contributed by atoms with Gasteiger partial charge < -0.3 is 4.74 Å². The van der Waals surface area contributed by atoms with Crippen molar-refractivity contribution in [2.75, 3.05) is 0 Å². The molecule has 8 heteroatoms. The zero-order chi connectivity index (χ0) is 17.6. The molecule has 0 unspecified atom stereocenters. The molecule has 0 radical (unpaired) electrons. The maximum Gasteiger partial charge on any atom is 0.338 e. The number of aromatic nitrogens is 3. The maximum absolute atomic E-state index is 11.9. The number of ether oxygens (including phenoxy) is 1. The summed E-state index contributed by atoms with van der Waals surface area (Å²) in [4.78, 5) is 22.0. The summed E-state index contributed by atoms with van der Waals surface area (Å²) in [5.74, 6) is -0.576. The second-order valence-electron chi connectivity index (χ2n) is 5.27. The van der Waals surface area contributed by atoms with E-state index in [1.165, 1.54) is 24.3 Å². The summed E-state index contributed by atoms with van der Waals surface area (Å²) >= 11 is 0. The van der Waals surface area contributed by atoms with E-state index in [1.54, 1.807) is 10.9 Å². The fourth-order valence-electron chi connectivity index (χ4n) is 2.19. The van der Waals surface area contributed by atoms with Crippen LogP contribution in [-0.2, 0) is 17.9 Å². The van der Waals surface area contributed by atoms with Gasteiger partial charge in [0.1, 0.15) is 12.3 Å². The van der Waals surface area contributed by atoms with E-state index in [9.17, 15) is 14.9 Å². The summed E-state index contributed by atoms with van der Waals surface area (Å²) in [6.45, 7) is 0.550. The van der Waals surface area contributed by atoms with Gasteiger partial charge >= 0.3 is 5.97 Å². The zero-order valence-corrected chi connectivity index (χ0v) is 13.1. The lowest BCUT2D eigenvalue weighted by molar-refractivity contribution is -0.384. The molecule has 0 amide bonds. The number of nitrogens with zero attached hydrogens (tertiary/aromatic N) is 4. The van der Waals surface area contributed by atoms with Gasteiger partial charge in [-0.1, -0.05) is 35.5 Å². The zero-order valence-electron chi connectivity index (χ0n) is 13.1. The molecule has 0 atom stereocenters. The molecule has 3 aromatic rings. The molecule has 0 spiro atoms. The van der Waals surface area contributed by atoms with Crippen molar-refractivity contribution in [3.63, 3.8) is 0 Å². The van der Waals surface area contributed by atoms with Crippen LogP contribution in [-0.4, -0.2) is 25.9 Å². The van der Waals surface area contributed by atoms with Gasteiger partial charge in [-0.15, -0.1) is 5.10 Å². The molecule has 0 saturated carbocycles. The number of non-ortho nitro benzene ring substituents is 1. The Morgan fingerprint density at radius 1 is 1.12 bits per heavy atom. The molecule has 2 aromatic carbocycles. The van der Waals surface area contributed by atoms with E-state index >= 15 is 0 Å². The lowest BCUT2D eigenvalue weighted by Gasteiger charge is -2.02. The molecule has 0 N–H and O–H groups in total. The van der Waals surface area contributed by atoms with Crippen LogP contribution in [0.25, 0.3) is 0 Å². The lowest BCUT2D eigenvalue weighted by Crippen LogP contribution is -2.05. The summed E-state index contributed by atoms with van der Waals surface area (Å²) in [6, 6.07) is 15.0. The molecule has 0 fully saturated rings. The van der Waals surface area contributed by atoms with Gasteiger partial charge in [-0.3, -0.25) is 10.1 Å². The van der Waals surface area contributed by atoms with E-state index in [1.807, 2.05) is 30.3 Å². The number of carbonyl (C=O) groups is 1. The van der Waals surface area contributed by atoms with Gasteiger partial charge in [-0.25, -0.2) is 9.48 Å². The second kappa shape index (κ2) is 7.35. The predicted octanol–water partition coefficient (Wildman–Crippen LogP) is 2.59. The van der Waals surface area contributed by atoms with E-state index in [0.29, 0.717) is 12.2 Å². The molecule has 0 bridgehead atoms. The third-order valence-corrected chi connectivity index (χ3v) is 3.44. The summed E-state index contributed by atoms with van der Waals surface area (Å²) in [6.07, 6.45) is 1.70. The van der Waals surface area contributed by atoms with Crippen molar-refractivity contribution < 1.29 is 14.5 Å². The van der Waals surface area contributed by atoms with Crippen molar-refractivity contribution in [3.8, 4) is 0 Å². The van der Waals surface area contributed by atoms with Crippen molar-refractivity contribution in [2.45, 2.75) is 13.2 Å². The Kier molecular flexibility index (Phi) is 4.79. The Bertz CT molecular complexity index is 875. The van der Waals surface area contributed by atoms with Crippen molar-refractivity contribution in [1.29, 1.82) is 0 Å². The van der Waals surface area contributed by atoms with Crippen LogP contribution in [0.2, 0.25) is 0 Å². The molecule has 25 heavy (non-hydrogen) atoms. The van der Waals surface area contributed by atoms with Gasteiger partial charge in [-0.05, 0) is 17.7 Å². The van der Waals surface area contributed by atoms with E-state index in [-0.39, 0.29) is 17.9 Å². The van der Waals surface area contributed by atoms with Gasteiger partial charge in [0.25, 0.3) is 5.69 Å². The van der Waals surface area contributed by atoms with Gasteiger partial charge in [0.2, 0.25) is 0 Å². The first kappa shape index (κ1) is 16.3. The number of nitro groups is 1. The average molecular weight is 338 g/mol. The van der Waals surface area contributed by atoms with Crippen molar-refractivity contribution in [2.24, 2.45) is 0 Å². The quantitative estimate of drug-likeness (QED) is 0.389. The molecule has 0 aliphatic rings. The van der Waals surface area contributed by atoms with Crippen LogP contribution in [0, 0.1) is 10.1 Å². The number of benzene rings is 2. The molecule has 8 nitrogen and oxygen atoms in total. The van der Waals surface area contributed by atoms with Gasteiger partial charge in [0.05, 0.1) is 23.2 Å². The number of esters is 1. The highest BCUT2D eigenvalue weighted by Gasteiger charge is 2.11. The second-order valence-corrected chi connectivity index (χ2v) is 5.27. The maximum atomic E-state index is 11.9. The highest BCUT2D eigenvalue weighted by atomic mass is 16.6. The molecule has 0 aliphatic carbocycles. The minimum Gasteiger partial charge on any atom is -0.455 e. The van der Waals surface area contributed by atoms with Gasteiger partial charge in [-0.2, -0.15) is 0 Å². The Morgan fingerprint density at radius 2 is 1.84 bits per heavy atom. The first-order valence-corrected chi connectivity index (χ1v) is 7.46. The normalized spacial score (nSPS) is 10.4. The number of rotatable bonds is 6. The Labute approximate surface area is 142 Å². The highest BCUT2D eigenvalue weighted by molar-refractivity contribution is 5.89. The largest absolute Gasteiger partial charge is 0.455 e. The molecule has 0 saturated heterocycles. The van der Waals surface area contributed by atoms with Crippen LogP contribution in [0.15, 0.2) is 60.8 Å². The van der Waals surface area contributed by atoms with Crippen LogP contribution in [0.5, 0.6) is 0 Å². The molecular formula is C17H14N4O4. The molecule has 1 heterocycles. The monoisotopic (exact) mass is 338 g/mol. The standard InChI is InChI=1S/C17H14N4O4/c22-17(14-6-8-16(9-7-14)21(23)24)25-12-15-11-20(19-18-15)10-13-4-2-1-3-5-13/h1-9,11H,10,12H2. The molecule has 1 aromatic heterocycles. The summed E-state index contributed by atoms with van der Waals surface area (Å²) in [7, 11) is 0. The minimum absolute atomic E-state index is 0.0232. The van der Waals surface area contributed by atoms with Gasteiger partial charge in [0.15, 0.2) is 0 Å². The summed E-state index contributed by atoms with van der Waals surface area (Å²) < 4.78 is 6.81. The predicted molar refractivity (Wildman–Crippen MR) is 87.8 cm³/mol. The average Bonchev–Trinajstić information content (AvgIpc) is 3.08. The van der Waals surface area contributed by atoms with E-state index in [4.69, 9.17) is 4.74 Å². The Morgan fingerprint density at radius 3 is 2.52 bits per heavy atom. The van der Waals surface area contributed by atoms with E-state index in [0.717, 1.165) is 5.56 Å². The summed E-state index contributed by atoms with van der Waals surface area (Å²) in [5, 5.41) is 18.6. The van der Waals surface area contributed by atoms with Crippen molar-refractivity contribution in [3.05, 3.63) is 87.7 Å².